The van der Waals surface area contributed by atoms with Gasteiger partial charge in [0.25, 0.3) is 0 Å². The van der Waals surface area contributed by atoms with Crippen molar-refractivity contribution in [3.05, 3.63) is 51.8 Å². The van der Waals surface area contributed by atoms with Crippen LogP contribution in [-0.4, -0.2) is 19.2 Å². The highest BCUT2D eigenvalue weighted by molar-refractivity contribution is 9.10. The average molecular weight is 337 g/mol. The predicted octanol–water partition coefficient (Wildman–Crippen LogP) is 3.06. The highest BCUT2D eigenvalue weighted by Crippen LogP contribution is 2.18. The van der Waals surface area contributed by atoms with Crippen LogP contribution in [0, 0.1) is 12.7 Å². The third-order valence-electron chi connectivity index (χ3n) is 3.39. The molecule has 0 amide bonds. The molecule has 2 aromatic heterocycles. The molecule has 0 saturated heterocycles. The molecule has 0 unspecified atom stereocenters. The summed E-state index contributed by atoms with van der Waals surface area (Å²) in [6.07, 6.45) is 1.61. The second-order valence-electron chi connectivity index (χ2n) is 4.80. The number of hydrogen-bond acceptors (Lipinski definition) is 2. The van der Waals surface area contributed by atoms with Crippen LogP contribution in [0.1, 0.15) is 17.1 Å². The molecule has 0 radical (unpaired) electrons. The van der Waals surface area contributed by atoms with Gasteiger partial charge in [0.1, 0.15) is 16.2 Å². The van der Waals surface area contributed by atoms with Gasteiger partial charge in [-0.05, 0) is 47.0 Å². The first kappa shape index (κ1) is 13.3. The molecule has 0 bridgehead atoms. The fourth-order valence-corrected chi connectivity index (χ4v) is 2.54. The summed E-state index contributed by atoms with van der Waals surface area (Å²) < 4.78 is 17.5. The van der Waals surface area contributed by atoms with E-state index in [0.29, 0.717) is 0 Å². The summed E-state index contributed by atoms with van der Waals surface area (Å²) >= 11 is 3.49. The first-order chi connectivity index (χ1) is 9.56. The number of benzene rings is 1. The standard InChI is InChI=1S/C14H14BrFN4/c1-9-13(15)20-14(17-9)19(2)12(18-20)8-5-10-3-6-11(16)7-4-10/h3-4,6-7H,5,8H2,1-2H3. The summed E-state index contributed by atoms with van der Waals surface area (Å²) in [5, 5.41) is 4.56. The lowest BCUT2D eigenvalue weighted by Crippen LogP contribution is -2.01. The summed E-state index contributed by atoms with van der Waals surface area (Å²) in [5.74, 6) is 1.57. The van der Waals surface area contributed by atoms with Crippen LogP contribution < -0.4 is 0 Å². The van der Waals surface area contributed by atoms with E-state index in [9.17, 15) is 4.39 Å². The Bertz CT molecular complexity index is 758. The highest BCUT2D eigenvalue weighted by Gasteiger charge is 2.14. The maximum atomic E-state index is 12.9. The molecular formula is C14H14BrFN4. The molecule has 104 valence electrons. The van der Waals surface area contributed by atoms with E-state index >= 15 is 0 Å². The van der Waals surface area contributed by atoms with Crippen LogP contribution in [0.2, 0.25) is 0 Å². The minimum Gasteiger partial charge on any atom is -0.300 e. The molecule has 0 N–H and O–H groups in total. The summed E-state index contributed by atoms with van der Waals surface area (Å²) in [7, 11) is 1.96. The molecule has 6 heteroatoms. The summed E-state index contributed by atoms with van der Waals surface area (Å²) in [4.78, 5) is 4.47. The van der Waals surface area contributed by atoms with Gasteiger partial charge in [0.15, 0.2) is 0 Å². The van der Waals surface area contributed by atoms with Crippen LogP contribution in [0.15, 0.2) is 28.9 Å². The van der Waals surface area contributed by atoms with Crippen molar-refractivity contribution in [2.75, 3.05) is 0 Å². The highest BCUT2D eigenvalue weighted by atomic mass is 79.9. The average Bonchev–Trinajstić information content (AvgIpc) is 2.89. The fourth-order valence-electron chi connectivity index (χ4n) is 2.21. The van der Waals surface area contributed by atoms with Crippen molar-refractivity contribution in [2.45, 2.75) is 19.8 Å². The molecule has 1 aromatic carbocycles. The van der Waals surface area contributed by atoms with E-state index in [1.54, 1.807) is 4.52 Å². The van der Waals surface area contributed by atoms with Crippen LogP contribution in [0.25, 0.3) is 5.78 Å². The lowest BCUT2D eigenvalue weighted by atomic mass is 10.1. The van der Waals surface area contributed by atoms with Crippen molar-refractivity contribution in [1.82, 2.24) is 19.2 Å². The van der Waals surface area contributed by atoms with Gasteiger partial charge < -0.3 is 0 Å². The van der Waals surface area contributed by atoms with Gasteiger partial charge in [-0.3, -0.25) is 4.57 Å². The first-order valence-corrected chi connectivity index (χ1v) is 7.16. The lowest BCUT2D eigenvalue weighted by Gasteiger charge is -2.01. The normalized spacial score (nSPS) is 11.4. The van der Waals surface area contributed by atoms with Gasteiger partial charge in [0.05, 0.1) is 5.69 Å². The van der Waals surface area contributed by atoms with Gasteiger partial charge in [0, 0.05) is 13.5 Å². The van der Waals surface area contributed by atoms with Crippen molar-refractivity contribution >= 4 is 21.7 Å². The van der Waals surface area contributed by atoms with Gasteiger partial charge in [-0.2, -0.15) is 9.61 Å². The molecule has 20 heavy (non-hydrogen) atoms. The quantitative estimate of drug-likeness (QED) is 0.736. The molecule has 0 fully saturated rings. The molecule has 0 atom stereocenters. The molecule has 4 nitrogen and oxygen atoms in total. The van der Waals surface area contributed by atoms with Crippen LogP contribution in [0.5, 0.6) is 0 Å². The third kappa shape index (κ3) is 2.24. The van der Waals surface area contributed by atoms with Gasteiger partial charge in [-0.15, -0.1) is 0 Å². The summed E-state index contributed by atoms with van der Waals surface area (Å²) in [6.45, 7) is 1.94. The van der Waals surface area contributed by atoms with E-state index in [0.717, 1.165) is 40.3 Å². The second kappa shape index (κ2) is 5.01. The Labute approximate surface area is 124 Å². The van der Waals surface area contributed by atoms with Crippen LogP contribution in [0.3, 0.4) is 0 Å². The van der Waals surface area contributed by atoms with Crippen LogP contribution in [-0.2, 0) is 19.9 Å². The van der Waals surface area contributed by atoms with Gasteiger partial charge in [-0.1, -0.05) is 12.1 Å². The third-order valence-corrected chi connectivity index (χ3v) is 4.30. The molecule has 0 spiro atoms. The number of hydrogen-bond donors (Lipinski definition) is 0. The maximum Gasteiger partial charge on any atom is 0.233 e. The Morgan fingerprint density at radius 2 is 1.90 bits per heavy atom. The molecule has 2 heterocycles. The van der Waals surface area contributed by atoms with Crippen LogP contribution in [0.4, 0.5) is 4.39 Å². The molecule has 0 aliphatic rings. The zero-order valence-electron chi connectivity index (χ0n) is 11.3. The molecule has 3 aromatic rings. The van der Waals surface area contributed by atoms with Crippen molar-refractivity contribution in [2.24, 2.45) is 7.05 Å². The minimum atomic E-state index is -0.205. The molecule has 0 saturated carbocycles. The van der Waals surface area contributed by atoms with E-state index in [1.807, 2.05) is 30.7 Å². The molecular weight excluding hydrogens is 323 g/mol. The number of nitrogens with zero attached hydrogens (tertiary/aromatic N) is 4. The minimum absolute atomic E-state index is 0.205. The predicted molar refractivity (Wildman–Crippen MR) is 78.2 cm³/mol. The summed E-state index contributed by atoms with van der Waals surface area (Å²) in [6, 6.07) is 6.59. The molecule has 0 aliphatic heterocycles. The fraction of sp³-hybridized carbons (Fsp3) is 0.286. The van der Waals surface area contributed by atoms with E-state index in [-0.39, 0.29) is 5.82 Å². The van der Waals surface area contributed by atoms with Crippen molar-refractivity contribution in [3.8, 4) is 0 Å². The number of halogens is 2. The first-order valence-electron chi connectivity index (χ1n) is 6.37. The van der Waals surface area contributed by atoms with Crippen LogP contribution >= 0.6 is 15.9 Å². The Kier molecular flexibility index (Phi) is 3.33. The summed E-state index contributed by atoms with van der Waals surface area (Å²) in [5.41, 5.74) is 2.02. The lowest BCUT2D eigenvalue weighted by molar-refractivity contribution is 0.626. The molecule has 0 aliphatic carbocycles. The maximum absolute atomic E-state index is 12.9. The number of aryl methyl sites for hydroxylation is 4. The van der Waals surface area contributed by atoms with Gasteiger partial charge >= 0.3 is 0 Å². The molecule has 3 rings (SSSR count). The zero-order valence-corrected chi connectivity index (χ0v) is 12.9. The SMILES string of the molecule is Cc1nc2n(C)c(CCc3ccc(F)cc3)nn2c1Br. The van der Waals surface area contributed by atoms with Gasteiger partial charge in [0.2, 0.25) is 5.78 Å². The smallest absolute Gasteiger partial charge is 0.233 e. The van der Waals surface area contributed by atoms with E-state index in [1.165, 1.54) is 12.1 Å². The van der Waals surface area contributed by atoms with Crippen molar-refractivity contribution in [1.29, 1.82) is 0 Å². The van der Waals surface area contributed by atoms with Gasteiger partial charge in [-0.25, -0.2) is 9.37 Å². The number of fused-ring (bicyclic) bond motifs is 1. The van der Waals surface area contributed by atoms with E-state index < -0.39 is 0 Å². The second-order valence-corrected chi connectivity index (χ2v) is 5.55. The van der Waals surface area contributed by atoms with Crippen molar-refractivity contribution in [3.63, 3.8) is 0 Å². The van der Waals surface area contributed by atoms with E-state index in [4.69, 9.17) is 0 Å². The van der Waals surface area contributed by atoms with E-state index in [2.05, 4.69) is 26.0 Å². The Hall–Kier alpha value is -1.69. The monoisotopic (exact) mass is 336 g/mol. The van der Waals surface area contributed by atoms with Crippen molar-refractivity contribution < 1.29 is 4.39 Å². The number of rotatable bonds is 3. The Morgan fingerprint density at radius 3 is 2.55 bits per heavy atom. The zero-order chi connectivity index (χ0) is 14.3. The topological polar surface area (TPSA) is 35.1 Å². The number of imidazole rings is 1. The number of aromatic nitrogens is 4. The largest absolute Gasteiger partial charge is 0.300 e. The Morgan fingerprint density at radius 1 is 1.20 bits per heavy atom. The Balaban J connectivity index is 1.84.